The Kier molecular flexibility index (Phi) is 9.59. The molecule has 2 amide bonds. The summed E-state index contributed by atoms with van der Waals surface area (Å²) in [7, 11) is 3.36. The minimum absolute atomic E-state index is 0.127. The second kappa shape index (κ2) is 12.2. The highest BCUT2D eigenvalue weighted by molar-refractivity contribution is 6.06. The van der Waals surface area contributed by atoms with E-state index in [0.29, 0.717) is 31.4 Å². The lowest BCUT2D eigenvalue weighted by molar-refractivity contribution is -0.120. The second-order valence-electron chi connectivity index (χ2n) is 9.24. The third kappa shape index (κ3) is 7.57. The molecule has 2 aromatic carbocycles. The number of nitrogens with one attached hydrogen (secondary N) is 2. The molecule has 0 saturated heterocycles. The van der Waals surface area contributed by atoms with E-state index in [1.165, 1.54) is 0 Å². The Hall–Kier alpha value is -3.42. The summed E-state index contributed by atoms with van der Waals surface area (Å²) in [5, 5.41) is 6.96. The standard InChI is InChI=1S/C26H35N3O5/c1-26(2,3)34-25(33)28-13-7-8-18-14-19-9-6-10-22(24(19)20(15-18)16-30)29(5)21(17-31)11-12-23(32)27-4/h6,9-10,14-17,21H,7-8,11-13H2,1-5H3,(H,27,32)(H,28,33). The quantitative estimate of drug-likeness (QED) is 0.385. The van der Waals surface area contributed by atoms with Gasteiger partial charge in [0.2, 0.25) is 5.91 Å². The number of benzene rings is 2. The van der Waals surface area contributed by atoms with Crippen LogP contribution in [0.25, 0.3) is 10.8 Å². The summed E-state index contributed by atoms with van der Waals surface area (Å²) in [6, 6.07) is 9.06. The first-order chi connectivity index (χ1) is 16.1. The minimum atomic E-state index is -0.544. The Balaban J connectivity index is 2.18. The summed E-state index contributed by atoms with van der Waals surface area (Å²) < 4.78 is 5.24. The van der Waals surface area contributed by atoms with Crippen LogP contribution in [0.3, 0.4) is 0 Å². The van der Waals surface area contributed by atoms with Gasteiger partial charge in [-0.15, -0.1) is 0 Å². The number of carbonyl (C=O) groups is 4. The molecule has 1 unspecified atom stereocenters. The zero-order chi connectivity index (χ0) is 25.3. The predicted molar refractivity (Wildman–Crippen MR) is 133 cm³/mol. The third-order valence-corrected chi connectivity index (χ3v) is 5.46. The van der Waals surface area contributed by atoms with Crippen LogP contribution in [0.4, 0.5) is 10.5 Å². The number of aldehydes is 2. The highest BCUT2D eigenvalue weighted by Crippen LogP contribution is 2.31. The summed E-state index contributed by atoms with van der Waals surface area (Å²) in [4.78, 5) is 49.0. The van der Waals surface area contributed by atoms with Crippen LogP contribution in [0.1, 0.15) is 56.0 Å². The molecular weight excluding hydrogens is 434 g/mol. The number of likely N-dealkylation sites (N-methyl/N-ethyl adjacent to an activating group) is 1. The van der Waals surface area contributed by atoms with Gasteiger partial charge in [0.15, 0.2) is 6.29 Å². The van der Waals surface area contributed by atoms with Crippen molar-refractivity contribution >= 4 is 41.0 Å². The zero-order valence-electron chi connectivity index (χ0n) is 20.6. The molecule has 2 rings (SSSR count). The molecule has 0 spiro atoms. The lowest BCUT2D eigenvalue weighted by atomic mass is 9.96. The van der Waals surface area contributed by atoms with Crippen molar-refractivity contribution in [1.82, 2.24) is 10.6 Å². The van der Waals surface area contributed by atoms with E-state index in [2.05, 4.69) is 10.6 Å². The van der Waals surface area contributed by atoms with Gasteiger partial charge in [0.1, 0.15) is 11.9 Å². The van der Waals surface area contributed by atoms with Crippen molar-refractivity contribution in [3.8, 4) is 0 Å². The van der Waals surface area contributed by atoms with Gasteiger partial charge in [0.05, 0.1) is 6.04 Å². The molecule has 1 atom stereocenters. The minimum Gasteiger partial charge on any atom is -0.444 e. The van der Waals surface area contributed by atoms with Gasteiger partial charge < -0.3 is 25.1 Å². The fraction of sp³-hybridized carbons (Fsp3) is 0.462. The number of ether oxygens (including phenoxy) is 1. The highest BCUT2D eigenvalue weighted by atomic mass is 16.6. The summed E-state index contributed by atoms with van der Waals surface area (Å²) in [6.45, 7) is 5.90. The van der Waals surface area contributed by atoms with Crippen LogP contribution < -0.4 is 15.5 Å². The highest BCUT2D eigenvalue weighted by Gasteiger charge is 2.19. The van der Waals surface area contributed by atoms with Gasteiger partial charge in [-0.1, -0.05) is 18.2 Å². The number of nitrogens with zero attached hydrogens (tertiary/aromatic N) is 1. The van der Waals surface area contributed by atoms with Gasteiger partial charge >= 0.3 is 6.09 Å². The maximum Gasteiger partial charge on any atom is 0.407 e. The Morgan fingerprint density at radius 2 is 1.91 bits per heavy atom. The number of amides is 2. The molecule has 0 aliphatic rings. The lowest BCUT2D eigenvalue weighted by Gasteiger charge is -2.27. The molecule has 184 valence electrons. The van der Waals surface area contributed by atoms with E-state index in [9.17, 15) is 19.2 Å². The summed E-state index contributed by atoms with van der Waals surface area (Å²) >= 11 is 0. The monoisotopic (exact) mass is 469 g/mol. The predicted octanol–water partition coefficient (Wildman–Crippen LogP) is 3.64. The van der Waals surface area contributed by atoms with Gasteiger partial charge in [-0.2, -0.15) is 0 Å². The molecule has 0 aliphatic carbocycles. The van der Waals surface area contributed by atoms with Crippen LogP contribution in [0, 0.1) is 0 Å². The number of hydrogen-bond donors (Lipinski definition) is 2. The van der Waals surface area contributed by atoms with Crippen LogP contribution in [0.2, 0.25) is 0 Å². The average Bonchev–Trinajstić information content (AvgIpc) is 2.79. The first-order valence-electron chi connectivity index (χ1n) is 11.5. The molecule has 8 nitrogen and oxygen atoms in total. The average molecular weight is 470 g/mol. The Bertz CT molecular complexity index is 1030. The molecular formula is C26H35N3O5. The molecule has 34 heavy (non-hydrogen) atoms. The van der Waals surface area contributed by atoms with Gasteiger partial charge in [-0.25, -0.2) is 4.79 Å². The fourth-order valence-corrected chi connectivity index (χ4v) is 3.77. The molecule has 0 heterocycles. The maximum atomic E-state index is 12.0. The first kappa shape index (κ1) is 26.8. The van der Waals surface area contributed by atoms with Crippen LogP contribution in [0.5, 0.6) is 0 Å². The van der Waals surface area contributed by atoms with E-state index in [4.69, 9.17) is 4.74 Å². The molecule has 0 saturated carbocycles. The van der Waals surface area contributed by atoms with Crippen molar-refractivity contribution < 1.29 is 23.9 Å². The number of rotatable bonds is 11. The van der Waals surface area contributed by atoms with Crippen molar-refractivity contribution in [2.45, 2.75) is 58.1 Å². The van der Waals surface area contributed by atoms with Crippen molar-refractivity contribution in [3.05, 3.63) is 41.5 Å². The van der Waals surface area contributed by atoms with Gasteiger partial charge in [-0.3, -0.25) is 9.59 Å². The largest absolute Gasteiger partial charge is 0.444 e. The summed E-state index contributed by atoms with van der Waals surface area (Å²) in [5.41, 5.74) is 1.72. The van der Waals surface area contributed by atoms with Crippen LogP contribution in [-0.4, -0.2) is 56.9 Å². The topological polar surface area (TPSA) is 105 Å². The van der Waals surface area contributed by atoms with E-state index in [1.54, 1.807) is 14.1 Å². The number of carbonyl (C=O) groups excluding carboxylic acids is 4. The molecule has 0 aromatic heterocycles. The van der Waals surface area contributed by atoms with E-state index in [1.807, 2.05) is 56.0 Å². The van der Waals surface area contributed by atoms with Gasteiger partial charge in [0.25, 0.3) is 0 Å². The van der Waals surface area contributed by atoms with Crippen LogP contribution >= 0.6 is 0 Å². The van der Waals surface area contributed by atoms with Crippen LogP contribution in [0.15, 0.2) is 30.3 Å². The molecule has 0 radical (unpaired) electrons. The number of aryl methyl sites for hydroxylation is 1. The zero-order valence-corrected chi connectivity index (χ0v) is 20.6. The molecule has 0 aliphatic heterocycles. The van der Waals surface area contributed by atoms with E-state index in [-0.39, 0.29) is 12.3 Å². The SMILES string of the molecule is CNC(=O)CCC(C=O)N(C)c1cccc2cc(CCCNC(=O)OC(C)(C)C)cc(C=O)c12. The third-order valence-electron chi connectivity index (χ3n) is 5.46. The van der Waals surface area contributed by atoms with Crippen molar-refractivity contribution in [1.29, 1.82) is 0 Å². The summed E-state index contributed by atoms with van der Waals surface area (Å²) in [6.07, 6.45) is 3.17. The number of anilines is 1. The van der Waals surface area contributed by atoms with Crippen molar-refractivity contribution in [2.24, 2.45) is 0 Å². The van der Waals surface area contributed by atoms with Crippen LogP contribution in [-0.2, 0) is 20.7 Å². The molecule has 2 N–H and O–H groups in total. The Morgan fingerprint density at radius 3 is 2.53 bits per heavy atom. The lowest BCUT2D eigenvalue weighted by Crippen LogP contribution is -2.34. The van der Waals surface area contributed by atoms with Gasteiger partial charge in [-0.05, 0) is 63.1 Å². The number of alkyl carbamates (subject to hydrolysis) is 1. The van der Waals surface area contributed by atoms with E-state index in [0.717, 1.165) is 34.6 Å². The van der Waals surface area contributed by atoms with Crippen molar-refractivity contribution in [2.75, 3.05) is 25.5 Å². The first-order valence-corrected chi connectivity index (χ1v) is 11.5. The fourth-order valence-electron chi connectivity index (χ4n) is 3.77. The van der Waals surface area contributed by atoms with E-state index < -0.39 is 17.7 Å². The molecule has 0 bridgehead atoms. The molecule has 8 heteroatoms. The smallest absolute Gasteiger partial charge is 0.407 e. The summed E-state index contributed by atoms with van der Waals surface area (Å²) in [5.74, 6) is -0.127. The normalized spacial score (nSPS) is 12.0. The maximum absolute atomic E-state index is 12.0. The second-order valence-corrected chi connectivity index (χ2v) is 9.24. The molecule has 2 aromatic rings. The Labute approximate surface area is 201 Å². The van der Waals surface area contributed by atoms with Crippen molar-refractivity contribution in [3.63, 3.8) is 0 Å². The molecule has 0 fully saturated rings. The number of hydrogen-bond acceptors (Lipinski definition) is 6. The van der Waals surface area contributed by atoms with Gasteiger partial charge in [0, 0.05) is 43.7 Å². The Morgan fingerprint density at radius 1 is 1.18 bits per heavy atom. The van der Waals surface area contributed by atoms with E-state index >= 15 is 0 Å². The number of fused-ring (bicyclic) bond motifs is 1.